The second-order valence-electron chi connectivity index (χ2n) is 7.50. The molecule has 0 unspecified atom stereocenters. The summed E-state index contributed by atoms with van der Waals surface area (Å²) in [4.78, 5) is 40.4. The Morgan fingerprint density at radius 3 is 2.26 bits per heavy atom. The van der Waals surface area contributed by atoms with E-state index in [1.54, 1.807) is 12.1 Å². The molecule has 3 aromatic rings. The van der Waals surface area contributed by atoms with Crippen molar-refractivity contribution < 1.29 is 18.8 Å². The number of hydrogen-bond acceptors (Lipinski definition) is 5. The summed E-state index contributed by atoms with van der Waals surface area (Å²) in [5.41, 5.74) is 4.31. The zero-order valence-electron chi connectivity index (χ0n) is 16.6. The van der Waals surface area contributed by atoms with Crippen molar-refractivity contribution in [1.82, 2.24) is 10.2 Å². The van der Waals surface area contributed by atoms with E-state index < -0.39 is 17.8 Å². The third-order valence-electron chi connectivity index (χ3n) is 5.49. The van der Waals surface area contributed by atoms with Gasteiger partial charge in [-0.3, -0.25) is 19.8 Å². The van der Waals surface area contributed by atoms with Gasteiger partial charge in [-0.2, -0.15) is 0 Å². The highest BCUT2D eigenvalue weighted by atomic mass is 16.3. The summed E-state index contributed by atoms with van der Waals surface area (Å²) in [5, 5.41) is 2.22. The normalized spacial score (nSPS) is 17.3. The van der Waals surface area contributed by atoms with Crippen LogP contribution in [0.4, 0.5) is 10.5 Å². The molecule has 31 heavy (non-hydrogen) atoms. The highest BCUT2D eigenvalue weighted by molar-refractivity contribution is 6.30. The second-order valence-corrected chi connectivity index (χ2v) is 7.50. The van der Waals surface area contributed by atoms with Crippen LogP contribution < -0.4 is 10.2 Å². The summed E-state index contributed by atoms with van der Waals surface area (Å²) in [6, 6.07) is 18.6. The van der Waals surface area contributed by atoms with Gasteiger partial charge in [0.1, 0.15) is 11.3 Å². The minimum Gasteiger partial charge on any atom is -0.467 e. The van der Waals surface area contributed by atoms with Crippen LogP contribution in [-0.2, 0) is 29.2 Å². The number of carbonyl (C=O) groups is 3. The lowest BCUT2D eigenvalue weighted by atomic mass is 10.1. The summed E-state index contributed by atoms with van der Waals surface area (Å²) in [5.74, 6) is -0.901. The van der Waals surface area contributed by atoms with Crippen LogP contribution in [0.1, 0.15) is 22.5 Å². The van der Waals surface area contributed by atoms with Gasteiger partial charge >= 0.3 is 6.03 Å². The quantitative estimate of drug-likeness (QED) is 0.523. The van der Waals surface area contributed by atoms with Gasteiger partial charge in [0.15, 0.2) is 0 Å². The maximum Gasteiger partial charge on any atom is 0.331 e. The van der Waals surface area contributed by atoms with Crippen LogP contribution in [0.25, 0.3) is 6.08 Å². The molecule has 3 heterocycles. The molecular weight excluding hydrogens is 394 g/mol. The van der Waals surface area contributed by atoms with Crippen molar-refractivity contribution in [3.63, 3.8) is 0 Å². The van der Waals surface area contributed by atoms with E-state index in [2.05, 4.69) is 22.3 Å². The Kier molecular flexibility index (Phi) is 4.63. The fraction of sp³-hybridized carbons (Fsp3) is 0.125. The molecule has 1 N–H and O–H groups in total. The molecule has 2 aliphatic rings. The highest BCUT2D eigenvalue weighted by Crippen LogP contribution is 2.28. The number of imide groups is 2. The van der Waals surface area contributed by atoms with E-state index in [0.717, 1.165) is 23.7 Å². The lowest BCUT2D eigenvalue weighted by molar-refractivity contribution is -0.130. The number of urea groups is 1. The Labute approximate surface area is 178 Å². The molecule has 7 nitrogen and oxygen atoms in total. The molecule has 0 aliphatic carbocycles. The average Bonchev–Trinajstić information content (AvgIpc) is 3.44. The monoisotopic (exact) mass is 413 g/mol. The van der Waals surface area contributed by atoms with Gasteiger partial charge in [-0.25, -0.2) is 4.79 Å². The Balaban J connectivity index is 1.35. The van der Waals surface area contributed by atoms with E-state index in [-0.39, 0.29) is 12.1 Å². The summed E-state index contributed by atoms with van der Waals surface area (Å²) in [7, 11) is 0. The minimum atomic E-state index is -0.757. The van der Waals surface area contributed by atoms with Gasteiger partial charge in [0.05, 0.1) is 12.8 Å². The highest BCUT2D eigenvalue weighted by Gasteiger charge is 2.36. The number of anilines is 1. The van der Waals surface area contributed by atoms with Crippen molar-refractivity contribution in [3.8, 4) is 0 Å². The van der Waals surface area contributed by atoms with Gasteiger partial charge in [-0.05, 0) is 47.0 Å². The SMILES string of the molecule is O=C1NC(=O)N(Cc2ccco2)C(=O)/C1=C\c1ccc(N2Cc3ccccc3C2)cc1. The second kappa shape index (κ2) is 7.60. The van der Waals surface area contributed by atoms with Gasteiger partial charge in [0.25, 0.3) is 11.8 Å². The van der Waals surface area contributed by atoms with Crippen LogP contribution in [0.3, 0.4) is 0 Å². The van der Waals surface area contributed by atoms with Crippen LogP contribution in [-0.4, -0.2) is 22.7 Å². The molecule has 4 amide bonds. The Bertz CT molecular complexity index is 1170. The molecule has 7 heteroatoms. The topological polar surface area (TPSA) is 82.9 Å². The van der Waals surface area contributed by atoms with Gasteiger partial charge < -0.3 is 9.32 Å². The van der Waals surface area contributed by atoms with Crippen LogP contribution >= 0.6 is 0 Å². The smallest absolute Gasteiger partial charge is 0.331 e. The predicted octanol–water partition coefficient (Wildman–Crippen LogP) is 3.46. The van der Waals surface area contributed by atoms with Crippen LogP contribution in [0, 0.1) is 0 Å². The zero-order chi connectivity index (χ0) is 21.4. The van der Waals surface area contributed by atoms with Gasteiger partial charge in [-0.1, -0.05) is 36.4 Å². The van der Waals surface area contributed by atoms with E-state index in [9.17, 15) is 14.4 Å². The molecule has 2 aromatic carbocycles. The maximum atomic E-state index is 12.8. The van der Waals surface area contributed by atoms with Crippen molar-refractivity contribution in [2.75, 3.05) is 4.90 Å². The lowest BCUT2D eigenvalue weighted by Gasteiger charge is -2.25. The maximum absolute atomic E-state index is 12.8. The number of benzene rings is 2. The average molecular weight is 413 g/mol. The van der Waals surface area contributed by atoms with Crippen molar-refractivity contribution >= 4 is 29.6 Å². The third kappa shape index (κ3) is 3.61. The number of rotatable bonds is 4. The van der Waals surface area contributed by atoms with Gasteiger partial charge in [0.2, 0.25) is 0 Å². The lowest BCUT2D eigenvalue weighted by Crippen LogP contribution is -2.53. The summed E-state index contributed by atoms with van der Waals surface area (Å²) in [6.07, 6.45) is 2.96. The van der Waals surface area contributed by atoms with Crippen molar-refractivity contribution in [2.24, 2.45) is 0 Å². The molecule has 0 saturated carbocycles. The van der Waals surface area contributed by atoms with Crippen LogP contribution in [0.2, 0.25) is 0 Å². The summed E-state index contributed by atoms with van der Waals surface area (Å²) in [6.45, 7) is 1.65. The molecule has 5 rings (SSSR count). The molecule has 1 aromatic heterocycles. The molecule has 2 aliphatic heterocycles. The van der Waals surface area contributed by atoms with E-state index >= 15 is 0 Å². The Morgan fingerprint density at radius 1 is 0.903 bits per heavy atom. The molecule has 0 radical (unpaired) electrons. The number of fused-ring (bicyclic) bond motifs is 1. The molecule has 0 atom stereocenters. The van der Waals surface area contributed by atoms with E-state index in [1.165, 1.54) is 23.5 Å². The molecule has 0 bridgehead atoms. The minimum absolute atomic E-state index is 0.0449. The largest absolute Gasteiger partial charge is 0.467 e. The zero-order valence-corrected chi connectivity index (χ0v) is 16.6. The van der Waals surface area contributed by atoms with Crippen molar-refractivity contribution in [1.29, 1.82) is 0 Å². The fourth-order valence-corrected chi connectivity index (χ4v) is 3.86. The molecule has 1 saturated heterocycles. The summed E-state index contributed by atoms with van der Waals surface area (Å²) < 4.78 is 5.22. The Morgan fingerprint density at radius 2 is 1.61 bits per heavy atom. The molecule has 1 fully saturated rings. The predicted molar refractivity (Wildman–Crippen MR) is 114 cm³/mol. The van der Waals surface area contributed by atoms with Crippen molar-refractivity contribution in [2.45, 2.75) is 19.6 Å². The Hall–Kier alpha value is -4.13. The molecule has 0 spiro atoms. The fourth-order valence-electron chi connectivity index (χ4n) is 3.86. The first kappa shape index (κ1) is 18.9. The number of nitrogens with zero attached hydrogens (tertiary/aromatic N) is 2. The number of furan rings is 1. The van der Waals surface area contributed by atoms with Gasteiger partial charge in [0, 0.05) is 18.8 Å². The number of barbiturate groups is 1. The third-order valence-corrected chi connectivity index (χ3v) is 5.49. The number of amides is 4. The van der Waals surface area contributed by atoms with E-state index in [1.807, 2.05) is 36.4 Å². The van der Waals surface area contributed by atoms with Crippen molar-refractivity contribution in [3.05, 3.63) is 95.0 Å². The van der Waals surface area contributed by atoms with E-state index in [4.69, 9.17) is 4.42 Å². The van der Waals surface area contributed by atoms with E-state index in [0.29, 0.717) is 11.3 Å². The van der Waals surface area contributed by atoms with Gasteiger partial charge in [-0.15, -0.1) is 0 Å². The number of hydrogen-bond donors (Lipinski definition) is 1. The van der Waals surface area contributed by atoms with Crippen LogP contribution in [0.5, 0.6) is 0 Å². The first-order valence-electron chi connectivity index (χ1n) is 9.91. The standard InChI is InChI=1S/C24H19N3O4/c28-22-21(23(29)27(24(30)25-22)15-20-6-3-11-31-20)12-16-7-9-19(10-8-16)26-13-17-4-1-2-5-18(17)14-26/h1-12H,13-15H2,(H,25,28,30)/b21-12-. The first-order valence-corrected chi connectivity index (χ1v) is 9.91. The van der Waals surface area contributed by atoms with Crippen LogP contribution in [0.15, 0.2) is 76.9 Å². The molecular formula is C24H19N3O4. The number of nitrogens with one attached hydrogen (secondary N) is 1. The first-order chi connectivity index (χ1) is 15.1. The number of carbonyl (C=O) groups excluding carboxylic acids is 3. The summed E-state index contributed by atoms with van der Waals surface area (Å²) >= 11 is 0. The molecule has 154 valence electrons.